The second-order valence-electron chi connectivity index (χ2n) is 10.4. The molecule has 0 saturated carbocycles. The van der Waals surface area contributed by atoms with Crippen LogP contribution in [-0.4, -0.2) is 40.7 Å². The Hall–Kier alpha value is -2.95. The van der Waals surface area contributed by atoms with Gasteiger partial charge in [-0.15, -0.1) is 0 Å². The predicted octanol–water partition coefficient (Wildman–Crippen LogP) is 7.95. The largest absolute Gasteiger partial charge is 0.508 e. The van der Waals surface area contributed by atoms with Crippen LogP contribution in [-0.2, 0) is 4.79 Å². The number of nitrogens with zero attached hydrogens (tertiary/aromatic N) is 1. The summed E-state index contributed by atoms with van der Waals surface area (Å²) in [7, 11) is 1.92. The quantitative estimate of drug-likeness (QED) is 0.240. The maximum absolute atomic E-state index is 12.1. The first-order valence-corrected chi connectivity index (χ1v) is 14.1. The van der Waals surface area contributed by atoms with Gasteiger partial charge in [-0.25, -0.2) is 0 Å². The monoisotopic (exact) mass is 507 g/mol. The molecule has 5 heteroatoms. The molecule has 1 unspecified atom stereocenters. The van der Waals surface area contributed by atoms with Crippen LogP contribution in [0.15, 0.2) is 42.5 Å². The molecular weight excluding hydrogens is 462 g/mol. The number of unbranched alkanes of at least 4 members (excludes halogenated alkanes) is 8. The number of fused-ring (bicyclic) bond motifs is 1. The van der Waals surface area contributed by atoms with E-state index in [0.717, 1.165) is 79.5 Å². The smallest absolute Gasteiger partial charge is 0.222 e. The number of phenolic OH excluding ortho intramolecular Hbond substituents is 2. The van der Waals surface area contributed by atoms with E-state index in [0.29, 0.717) is 6.42 Å². The minimum absolute atomic E-state index is 0.0770. The molecule has 0 fully saturated rings. The molecule has 1 atom stereocenters. The molecule has 1 heterocycles. The molecule has 1 aliphatic rings. The van der Waals surface area contributed by atoms with Crippen LogP contribution in [0.2, 0.25) is 0 Å². The van der Waals surface area contributed by atoms with Crippen LogP contribution >= 0.6 is 0 Å². The summed E-state index contributed by atoms with van der Waals surface area (Å²) < 4.78 is 6.40. The second kappa shape index (κ2) is 14.7. The van der Waals surface area contributed by atoms with Gasteiger partial charge in [0.1, 0.15) is 23.4 Å². The topological polar surface area (TPSA) is 70.0 Å². The lowest BCUT2D eigenvalue weighted by Gasteiger charge is -2.31. The second-order valence-corrected chi connectivity index (χ2v) is 10.4. The molecule has 5 nitrogen and oxygen atoms in total. The molecule has 0 spiro atoms. The number of carbonyl (C=O) groups excluding carboxylic acids is 1. The van der Waals surface area contributed by atoms with Crippen LogP contribution in [0.25, 0.3) is 11.1 Å². The van der Waals surface area contributed by atoms with Gasteiger partial charge in [0.25, 0.3) is 0 Å². The first-order valence-electron chi connectivity index (χ1n) is 14.1. The summed E-state index contributed by atoms with van der Waals surface area (Å²) >= 11 is 0. The van der Waals surface area contributed by atoms with E-state index in [1.807, 2.05) is 30.1 Å². The van der Waals surface area contributed by atoms with Gasteiger partial charge < -0.3 is 19.8 Å². The van der Waals surface area contributed by atoms with Crippen LogP contribution in [0.1, 0.15) is 102 Å². The summed E-state index contributed by atoms with van der Waals surface area (Å²) in [4.78, 5) is 14.0. The highest BCUT2D eigenvalue weighted by Gasteiger charge is 2.27. The SMILES string of the molecule is CCCCN(C)C(=O)CCCCCCCCCCC1Oc2cc(O)ccc2C(C)=C1c1ccc(O)cc1. The maximum Gasteiger partial charge on any atom is 0.222 e. The fraction of sp³-hybridized carbons (Fsp3) is 0.531. The van der Waals surface area contributed by atoms with Crippen molar-refractivity contribution >= 4 is 17.1 Å². The highest BCUT2D eigenvalue weighted by molar-refractivity contribution is 5.95. The molecule has 0 saturated heterocycles. The fourth-order valence-electron chi connectivity index (χ4n) is 5.14. The molecule has 1 aliphatic heterocycles. The lowest BCUT2D eigenvalue weighted by molar-refractivity contribution is -0.130. The third kappa shape index (κ3) is 8.55. The maximum atomic E-state index is 12.1. The van der Waals surface area contributed by atoms with Crippen molar-refractivity contribution in [3.63, 3.8) is 0 Å². The van der Waals surface area contributed by atoms with Gasteiger partial charge in [0.2, 0.25) is 5.91 Å². The van der Waals surface area contributed by atoms with Crippen molar-refractivity contribution in [3.8, 4) is 17.2 Å². The summed E-state index contributed by atoms with van der Waals surface area (Å²) in [5, 5.41) is 19.7. The van der Waals surface area contributed by atoms with Gasteiger partial charge in [-0.2, -0.15) is 0 Å². The Morgan fingerprint density at radius 2 is 1.49 bits per heavy atom. The third-order valence-electron chi connectivity index (χ3n) is 7.42. The first kappa shape index (κ1) is 28.6. The van der Waals surface area contributed by atoms with E-state index >= 15 is 0 Å². The number of ether oxygens (including phenoxy) is 1. The summed E-state index contributed by atoms with van der Waals surface area (Å²) in [5.41, 5.74) is 4.39. The average Bonchev–Trinajstić information content (AvgIpc) is 2.88. The number of benzene rings is 2. The molecule has 0 radical (unpaired) electrons. The zero-order chi connectivity index (χ0) is 26.6. The molecule has 3 rings (SSSR count). The van der Waals surface area contributed by atoms with E-state index < -0.39 is 0 Å². The molecule has 2 N–H and O–H groups in total. The fourth-order valence-corrected chi connectivity index (χ4v) is 5.14. The van der Waals surface area contributed by atoms with Crippen molar-refractivity contribution in [2.24, 2.45) is 0 Å². The lowest BCUT2D eigenvalue weighted by Crippen LogP contribution is -2.27. The van der Waals surface area contributed by atoms with Crippen LogP contribution in [0, 0.1) is 0 Å². The molecule has 1 amide bonds. The van der Waals surface area contributed by atoms with E-state index in [1.165, 1.54) is 25.7 Å². The highest BCUT2D eigenvalue weighted by Crippen LogP contribution is 2.43. The Labute approximate surface area is 223 Å². The van der Waals surface area contributed by atoms with E-state index in [2.05, 4.69) is 13.8 Å². The standard InChI is InChI=1S/C32H45NO4/c1-4-5-22-33(3)31(36)15-13-11-9-7-6-8-10-12-14-29-32(25-16-18-26(34)19-17-25)24(2)28-21-20-27(35)23-30(28)37-29/h16-21,23,29,34-35H,4-15,22H2,1-3H3. The van der Waals surface area contributed by atoms with Gasteiger partial charge in [-0.05, 0) is 68.0 Å². The lowest BCUT2D eigenvalue weighted by atomic mass is 9.87. The van der Waals surface area contributed by atoms with E-state index in [4.69, 9.17) is 4.74 Å². The van der Waals surface area contributed by atoms with Crippen molar-refractivity contribution in [2.45, 2.75) is 97.0 Å². The van der Waals surface area contributed by atoms with Gasteiger partial charge >= 0.3 is 0 Å². The molecular formula is C32H45NO4. The first-order chi connectivity index (χ1) is 17.9. The van der Waals surface area contributed by atoms with Gasteiger partial charge in [0.15, 0.2) is 0 Å². The van der Waals surface area contributed by atoms with Gasteiger partial charge in [-0.1, -0.05) is 64.0 Å². The highest BCUT2D eigenvalue weighted by atomic mass is 16.5. The van der Waals surface area contributed by atoms with Crippen LogP contribution in [0.4, 0.5) is 0 Å². The van der Waals surface area contributed by atoms with E-state index in [1.54, 1.807) is 24.3 Å². The van der Waals surface area contributed by atoms with Crippen molar-refractivity contribution in [3.05, 3.63) is 53.6 Å². The Morgan fingerprint density at radius 1 is 0.865 bits per heavy atom. The van der Waals surface area contributed by atoms with Gasteiger partial charge in [0.05, 0.1) is 0 Å². The number of carbonyl (C=O) groups is 1. The normalized spacial score (nSPS) is 14.8. The van der Waals surface area contributed by atoms with Crippen LogP contribution in [0.5, 0.6) is 17.2 Å². The molecule has 2 aromatic rings. The number of allylic oxidation sites excluding steroid dienone is 1. The molecule has 0 bridgehead atoms. The zero-order valence-corrected chi connectivity index (χ0v) is 23.0. The minimum atomic E-state index is -0.0770. The summed E-state index contributed by atoms with van der Waals surface area (Å²) in [5.74, 6) is 1.49. The molecule has 0 aliphatic carbocycles. The molecule has 202 valence electrons. The summed E-state index contributed by atoms with van der Waals surface area (Å²) in [6, 6.07) is 12.7. The van der Waals surface area contributed by atoms with E-state index in [9.17, 15) is 15.0 Å². The Kier molecular flexibility index (Phi) is 11.4. The molecule has 0 aromatic heterocycles. The third-order valence-corrected chi connectivity index (χ3v) is 7.42. The Bertz CT molecular complexity index is 1030. The number of hydrogen-bond acceptors (Lipinski definition) is 4. The van der Waals surface area contributed by atoms with Crippen molar-refractivity contribution in [1.29, 1.82) is 0 Å². The average molecular weight is 508 g/mol. The minimum Gasteiger partial charge on any atom is -0.508 e. The number of phenols is 2. The predicted molar refractivity (Wildman–Crippen MR) is 152 cm³/mol. The molecule has 37 heavy (non-hydrogen) atoms. The number of aromatic hydroxyl groups is 2. The van der Waals surface area contributed by atoms with Gasteiger partial charge in [-0.3, -0.25) is 4.79 Å². The van der Waals surface area contributed by atoms with Crippen LogP contribution < -0.4 is 4.74 Å². The van der Waals surface area contributed by atoms with Gasteiger partial charge in [0, 0.05) is 37.2 Å². The summed E-state index contributed by atoms with van der Waals surface area (Å²) in [6.07, 6.45) is 13.0. The Balaban J connectivity index is 1.41. The van der Waals surface area contributed by atoms with Crippen LogP contribution in [0.3, 0.4) is 0 Å². The Morgan fingerprint density at radius 3 is 2.16 bits per heavy atom. The zero-order valence-electron chi connectivity index (χ0n) is 23.0. The number of hydrogen-bond donors (Lipinski definition) is 2. The van der Waals surface area contributed by atoms with Crippen molar-refractivity contribution in [2.75, 3.05) is 13.6 Å². The van der Waals surface area contributed by atoms with Crippen molar-refractivity contribution < 1.29 is 19.7 Å². The molecule has 2 aromatic carbocycles. The number of amides is 1. The number of rotatable bonds is 15. The summed E-state index contributed by atoms with van der Waals surface area (Å²) in [6.45, 7) is 5.15. The van der Waals surface area contributed by atoms with E-state index in [-0.39, 0.29) is 23.5 Å². The van der Waals surface area contributed by atoms with Crippen molar-refractivity contribution in [1.82, 2.24) is 4.90 Å².